The minimum atomic E-state index is -0.131. The second-order valence-corrected chi connectivity index (χ2v) is 3.12. The summed E-state index contributed by atoms with van der Waals surface area (Å²) in [7, 11) is 0. The van der Waals surface area contributed by atoms with Crippen molar-refractivity contribution in [3.8, 4) is 0 Å². The Bertz CT molecular complexity index is 314. The molecule has 5 heteroatoms. The average molecular weight is 241 g/mol. The van der Waals surface area contributed by atoms with Gasteiger partial charge in [0.1, 0.15) is 0 Å². The second kappa shape index (κ2) is 5.32. The normalized spacial score (nSPS) is 8.85. The molecule has 1 rings (SSSR count). The van der Waals surface area contributed by atoms with Gasteiger partial charge in [0, 0.05) is 12.6 Å². The van der Waals surface area contributed by atoms with Crippen LogP contribution in [0, 0.1) is 0 Å². The predicted octanol–water partition coefficient (Wildman–Crippen LogP) is 3.37. The molecule has 0 aliphatic rings. The molecule has 0 atom stereocenters. The van der Waals surface area contributed by atoms with Gasteiger partial charge < -0.3 is 5.32 Å². The Morgan fingerprint density at radius 2 is 1.92 bits per heavy atom. The summed E-state index contributed by atoms with van der Waals surface area (Å²) < 4.78 is 0. The van der Waals surface area contributed by atoms with Crippen molar-refractivity contribution in [2.45, 2.75) is 6.92 Å². The quantitative estimate of drug-likeness (QED) is 0.801. The van der Waals surface area contributed by atoms with E-state index in [9.17, 15) is 4.79 Å². The highest BCUT2D eigenvalue weighted by atomic mass is 35.5. The minimum absolute atomic E-state index is 0. The van der Waals surface area contributed by atoms with Gasteiger partial charge in [-0.15, -0.1) is 12.4 Å². The number of carbonyl (C=O) groups is 1. The summed E-state index contributed by atoms with van der Waals surface area (Å²) in [4.78, 5) is 10.6. The van der Waals surface area contributed by atoms with Crippen LogP contribution < -0.4 is 5.32 Å². The monoisotopic (exact) mass is 239 g/mol. The highest BCUT2D eigenvalue weighted by Crippen LogP contribution is 2.24. The van der Waals surface area contributed by atoms with Crippen LogP contribution in [0.15, 0.2) is 18.2 Å². The molecule has 0 spiro atoms. The molecule has 0 saturated heterocycles. The standard InChI is InChI=1S/C8H7Cl2NO.ClH/c1-5(12)11-6-2-3-7(9)8(10)4-6;/h2-4H,1H3,(H,11,12);1H. The summed E-state index contributed by atoms with van der Waals surface area (Å²) in [5, 5.41) is 3.50. The second-order valence-electron chi connectivity index (χ2n) is 2.31. The molecule has 0 radical (unpaired) electrons. The van der Waals surface area contributed by atoms with E-state index in [1.54, 1.807) is 18.2 Å². The van der Waals surface area contributed by atoms with E-state index in [4.69, 9.17) is 23.2 Å². The first-order valence-corrected chi connectivity index (χ1v) is 4.08. The lowest BCUT2D eigenvalue weighted by Crippen LogP contribution is -2.05. The number of hydrogen-bond acceptors (Lipinski definition) is 1. The van der Waals surface area contributed by atoms with Crippen molar-refractivity contribution in [1.29, 1.82) is 0 Å². The molecule has 0 fully saturated rings. The fraction of sp³-hybridized carbons (Fsp3) is 0.125. The fourth-order valence-electron chi connectivity index (χ4n) is 0.777. The summed E-state index contributed by atoms with van der Waals surface area (Å²) in [6.45, 7) is 1.43. The van der Waals surface area contributed by atoms with Gasteiger partial charge in [0.05, 0.1) is 10.0 Å². The highest BCUT2D eigenvalue weighted by molar-refractivity contribution is 6.42. The van der Waals surface area contributed by atoms with E-state index in [0.29, 0.717) is 15.7 Å². The first-order valence-electron chi connectivity index (χ1n) is 3.32. The molecule has 72 valence electrons. The molecular weight excluding hydrogens is 232 g/mol. The van der Waals surface area contributed by atoms with Gasteiger partial charge in [0.25, 0.3) is 0 Å². The first kappa shape index (κ1) is 12.6. The Hall–Kier alpha value is -0.440. The molecule has 0 aliphatic heterocycles. The van der Waals surface area contributed by atoms with Crippen LogP contribution in [0.5, 0.6) is 0 Å². The summed E-state index contributed by atoms with van der Waals surface area (Å²) in [6, 6.07) is 4.93. The third kappa shape index (κ3) is 3.85. The zero-order valence-electron chi connectivity index (χ0n) is 6.80. The van der Waals surface area contributed by atoms with E-state index in [1.165, 1.54) is 6.92 Å². The molecule has 1 aromatic carbocycles. The van der Waals surface area contributed by atoms with E-state index in [-0.39, 0.29) is 18.3 Å². The van der Waals surface area contributed by atoms with Gasteiger partial charge in [-0.05, 0) is 18.2 Å². The van der Waals surface area contributed by atoms with Crippen LogP contribution in [0.3, 0.4) is 0 Å². The van der Waals surface area contributed by atoms with E-state index in [0.717, 1.165) is 0 Å². The van der Waals surface area contributed by atoms with E-state index in [2.05, 4.69) is 5.32 Å². The van der Waals surface area contributed by atoms with Crippen molar-refractivity contribution in [2.24, 2.45) is 0 Å². The Kier molecular flexibility index (Phi) is 5.14. The van der Waals surface area contributed by atoms with Crippen molar-refractivity contribution in [3.63, 3.8) is 0 Å². The maximum absolute atomic E-state index is 10.6. The molecule has 0 aromatic heterocycles. The Labute approximate surface area is 92.6 Å². The van der Waals surface area contributed by atoms with E-state index in [1.807, 2.05) is 0 Å². The molecule has 0 saturated carbocycles. The predicted molar refractivity (Wildman–Crippen MR) is 58.0 cm³/mol. The highest BCUT2D eigenvalue weighted by Gasteiger charge is 1.99. The van der Waals surface area contributed by atoms with Crippen LogP contribution in [-0.4, -0.2) is 5.91 Å². The lowest BCUT2D eigenvalue weighted by molar-refractivity contribution is -0.114. The molecule has 13 heavy (non-hydrogen) atoms. The van der Waals surface area contributed by atoms with Crippen molar-refractivity contribution in [1.82, 2.24) is 0 Å². The molecule has 2 nitrogen and oxygen atoms in total. The number of benzene rings is 1. The molecule has 0 bridgehead atoms. The summed E-state index contributed by atoms with van der Waals surface area (Å²) in [6.07, 6.45) is 0. The third-order valence-electron chi connectivity index (χ3n) is 1.24. The van der Waals surface area contributed by atoms with Crippen LogP contribution in [-0.2, 0) is 4.79 Å². The van der Waals surface area contributed by atoms with Gasteiger partial charge in [0.2, 0.25) is 5.91 Å². The molecule has 1 aromatic rings. The number of anilines is 1. The number of nitrogens with one attached hydrogen (secondary N) is 1. The molecule has 0 heterocycles. The lowest BCUT2D eigenvalue weighted by atomic mass is 10.3. The van der Waals surface area contributed by atoms with Gasteiger partial charge >= 0.3 is 0 Å². The molecule has 1 amide bonds. The maximum atomic E-state index is 10.6. The maximum Gasteiger partial charge on any atom is 0.221 e. The topological polar surface area (TPSA) is 29.1 Å². The van der Waals surface area contributed by atoms with Gasteiger partial charge in [-0.1, -0.05) is 23.2 Å². The summed E-state index contributed by atoms with van der Waals surface area (Å²) in [5.41, 5.74) is 0.650. The molecule has 1 N–H and O–H groups in total. The molecular formula is C8H8Cl3NO. The zero-order chi connectivity index (χ0) is 9.14. The van der Waals surface area contributed by atoms with Crippen molar-refractivity contribution in [3.05, 3.63) is 28.2 Å². The van der Waals surface area contributed by atoms with Crippen LogP contribution in [0.4, 0.5) is 5.69 Å². The smallest absolute Gasteiger partial charge is 0.221 e. The summed E-state index contributed by atoms with van der Waals surface area (Å²) >= 11 is 11.4. The first-order chi connectivity index (χ1) is 5.59. The Morgan fingerprint density at radius 1 is 1.31 bits per heavy atom. The van der Waals surface area contributed by atoms with Crippen molar-refractivity contribution < 1.29 is 4.79 Å². The largest absolute Gasteiger partial charge is 0.326 e. The Morgan fingerprint density at radius 3 is 2.38 bits per heavy atom. The van der Waals surface area contributed by atoms with Gasteiger partial charge in [-0.3, -0.25) is 4.79 Å². The number of amides is 1. The van der Waals surface area contributed by atoms with Gasteiger partial charge in [-0.2, -0.15) is 0 Å². The summed E-state index contributed by atoms with van der Waals surface area (Å²) in [5.74, 6) is -0.131. The lowest BCUT2D eigenvalue weighted by Gasteiger charge is -2.02. The van der Waals surface area contributed by atoms with Gasteiger partial charge in [-0.25, -0.2) is 0 Å². The van der Waals surface area contributed by atoms with Crippen molar-refractivity contribution >= 4 is 47.2 Å². The number of carbonyl (C=O) groups excluding carboxylic acids is 1. The van der Waals surface area contributed by atoms with Crippen LogP contribution >= 0.6 is 35.6 Å². The fourth-order valence-corrected chi connectivity index (χ4v) is 1.08. The Balaban J connectivity index is 0.00000144. The zero-order valence-corrected chi connectivity index (χ0v) is 9.13. The van der Waals surface area contributed by atoms with E-state index < -0.39 is 0 Å². The number of rotatable bonds is 1. The number of hydrogen-bond donors (Lipinski definition) is 1. The molecule has 0 aliphatic carbocycles. The van der Waals surface area contributed by atoms with Gasteiger partial charge in [0.15, 0.2) is 0 Å². The van der Waals surface area contributed by atoms with Crippen molar-refractivity contribution in [2.75, 3.05) is 5.32 Å². The van der Waals surface area contributed by atoms with Crippen LogP contribution in [0.2, 0.25) is 10.0 Å². The SMILES string of the molecule is CC(=O)Nc1ccc(Cl)c(Cl)c1.Cl. The minimum Gasteiger partial charge on any atom is -0.326 e. The van der Waals surface area contributed by atoms with E-state index >= 15 is 0 Å². The van der Waals surface area contributed by atoms with Crippen LogP contribution in [0.1, 0.15) is 6.92 Å². The number of halogens is 3. The van der Waals surface area contributed by atoms with Crippen LogP contribution in [0.25, 0.3) is 0 Å². The molecule has 0 unspecified atom stereocenters. The third-order valence-corrected chi connectivity index (χ3v) is 1.98. The average Bonchev–Trinajstić information content (AvgIpc) is 1.96.